The van der Waals surface area contributed by atoms with Crippen molar-refractivity contribution < 1.29 is 37.1 Å². The molecule has 10 nitrogen and oxygen atoms in total. The summed E-state index contributed by atoms with van der Waals surface area (Å²) in [5, 5.41) is 3.41. The predicted molar refractivity (Wildman–Crippen MR) is 101 cm³/mol. The molecule has 29 heavy (non-hydrogen) atoms. The lowest BCUT2D eigenvalue weighted by Crippen LogP contribution is -2.37. The van der Waals surface area contributed by atoms with Crippen LogP contribution in [0.3, 0.4) is 0 Å². The van der Waals surface area contributed by atoms with Crippen molar-refractivity contribution in [2.45, 2.75) is 18.7 Å². The van der Waals surface area contributed by atoms with E-state index in [1.54, 1.807) is 11.6 Å². The SMILES string of the molecule is CCOC(=O)C(=O)Nc1ccc2cc(S(=O)(=O)NC(=O)C(=O)OCC)ccc2c1. The van der Waals surface area contributed by atoms with Gasteiger partial charge in [-0.2, -0.15) is 0 Å². The van der Waals surface area contributed by atoms with E-state index in [4.69, 9.17) is 0 Å². The van der Waals surface area contributed by atoms with Crippen LogP contribution in [0.4, 0.5) is 5.69 Å². The molecule has 0 bridgehead atoms. The van der Waals surface area contributed by atoms with Gasteiger partial charge in [0.15, 0.2) is 0 Å². The third-order valence-corrected chi connectivity index (χ3v) is 4.86. The number of nitrogens with one attached hydrogen (secondary N) is 2. The first-order valence-electron chi connectivity index (χ1n) is 8.43. The van der Waals surface area contributed by atoms with Crippen molar-refractivity contribution in [3.8, 4) is 0 Å². The zero-order valence-corrected chi connectivity index (χ0v) is 16.4. The van der Waals surface area contributed by atoms with Crippen LogP contribution >= 0.6 is 0 Å². The number of sulfonamides is 1. The molecule has 2 aromatic rings. The number of amides is 2. The van der Waals surface area contributed by atoms with Crippen LogP contribution in [0, 0.1) is 0 Å². The average Bonchev–Trinajstić information content (AvgIpc) is 2.67. The fourth-order valence-electron chi connectivity index (χ4n) is 2.27. The molecule has 11 heteroatoms. The lowest BCUT2D eigenvalue weighted by Gasteiger charge is -2.09. The second-order valence-electron chi connectivity index (χ2n) is 5.55. The largest absolute Gasteiger partial charge is 0.459 e. The molecule has 0 saturated heterocycles. The van der Waals surface area contributed by atoms with Crippen LogP contribution in [-0.2, 0) is 38.7 Å². The first-order chi connectivity index (χ1) is 13.7. The van der Waals surface area contributed by atoms with E-state index in [0.29, 0.717) is 16.5 Å². The summed E-state index contributed by atoms with van der Waals surface area (Å²) in [7, 11) is -4.29. The van der Waals surface area contributed by atoms with Crippen LogP contribution < -0.4 is 10.0 Å². The molecule has 0 fully saturated rings. The summed E-state index contributed by atoms with van der Waals surface area (Å²) in [4.78, 5) is 45.7. The van der Waals surface area contributed by atoms with Crippen molar-refractivity contribution in [3.05, 3.63) is 36.4 Å². The second-order valence-corrected chi connectivity index (χ2v) is 7.24. The molecule has 0 radical (unpaired) electrons. The molecule has 2 N–H and O–H groups in total. The number of carbonyl (C=O) groups excluding carboxylic acids is 4. The van der Waals surface area contributed by atoms with E-state index >= 15 is 0 Å². The summed E-state index contributed by atoms with van der Waals surface area (Å²) < 4.78 is 35.3. The molecule has 0 heterocycles. The highest BCUT2D eigenvalue weighted by molar-refractivity contribution is 7.90. The zero-order valence-electron chi connectivity index (χ0n) is 15.6. The van der Waals surface area contributed by atoms with Gasteiger partial charge in [0.2, 0.25) is 0 Å². The normalized spacial score (nSPS) is 10.8. The zero-order chi connectivity index (χ0) is 21.6. The summed E-state index contributed by atoms with van der Waals surface area (Å²) in [6.07, 6.45) is 0. The number of hydrogen-bond acceptors (Lipinski definition) is 8. The molecule has 0 atom stereocenters. The number of anilines is 1. The summed E-state index contributed by atoms with van der Waals surface area (Å²) in [5.74, 6) is -4.67. The van der Waals surface area contributed by atoms with E-state index in [1.165, 1.54) is 43.3 Å². The quantitative estimate of drug-likeness (QED) is 0.529. The number of benzene rings is 2. The number of fused-ring (bicyclic) bond motifs is 1. The van der Waals surface area contributed by atoms with Gasteiger partial charge in [-0.25, -0.2) is 22.7 Å². The van der Waals surface area contributed by atoms with Crippen LogP contribution in [0.2, 0.25) is 0 Å². The first-order valence-corrected chi connectivity index (χ1v) is 9.92. The molecule has 154 valence electrons. The van der Waals surface area contributed by atoms with Crippen LogP contribution in [-0.4, -0.2) is 45.4 Å². The standard InChI is InChI=1S/C18H18N2O8S/c1-3-27-17(23)15(21)19-13-7-5-12-10-14(8-6-11(12)9-13)29(25,26)20-16(22)18(24)28-4-2/h5-10H,3-4H2,1-2H3,(H,19,21)(H,20,22). The summed E-state index contributed by atoms with van der Waals surface area (Å²) in [6, 6.07) is 8.46. The lowest BCUT2D eigenvalue weighted by molar-refractivity contribution is -0.153. The van der Waals surface area contributed by atoms with Crippen molar-refractivity contribution in [2.75, 3.05) is 18.5 Å². The van der Waals surface area contributed by atoms with E-state index in [2.05, 4.69) is 14.8 Å². The van der Waals surface area contributed by atoms with Gasteiger partial charge in [0, 0.05) is 5.69 Å². The van der Waals surface area contributed by atoms with Gasteiger partial charge in [0.25, 0.3) is 10.0 Å². The monoisotopic (exact) mass is 422 g/mol. The Hall–Kier alpha value is -3.47. The highest BCUT2D eigenvalue weighted by atomic mass is 32.2. The fourth-order valence-corrected chi connectivity index (χ4v) is 3.24. The van der Waals surface area contributed by atoms with Crippen molar-refractivity contribution in [1.82, 2.24) is 4.72 Å². The van der Waals surface area contributed by atoms with Crippen molar-refractivity contribution in [3.63, 3.8) is 0 Å². The highest BCUT2D eigenvalue weighted by Crippen LogP contribution is 2.22. The molecular weight excluding hydrogens is 404 g/mol. The van der Waals surface area contributed by atoms with E-state index in [-0.39, 0.29) is 18.1 Å². The second kappa shape index (κ2) is 9.15. The molecule has 2 rings (SSSR count). The van der Waals surface area contributed by atoms with Crippen LogP contribution in [0.15, 0.2) is 41.3 Å². The third-order valence-electron chi connectivity index (χ3n) is 3.53. The molecule has 2 aromatic carbocycles. The predicted octanol–water partition coefficient (Wildman–Crippen LogP) is 0.709. The molecule has 0 saturated carbocycles. The number of hydrogen-bond donors (Lipinski definition) is 2. The Kier molecular flexibility index (Phi) is 6.89. The third kappa shape index (κ3) is 5.51. The van der Waals surface area contributed by atoms with E-state index < -0.39 is 33.8 Å². The minimum atomic E-state index is -4.29. The summed E-state index contributed by atoms with van der Waals surface area (Å²) in [6.45, 7) is 3.04. The van der Waals surface area contributed by atoms with E-state index in [9.17, 15) is 27.6 Å². The maximum absolute atomic E-state index is 12.3. The summed E-state index contributed by atoms with van der Waals surface area (Å²) in [5.41, 5.74) is 0.307. The van der Waals surface area contributed by atoms with Gasteiger partial charge in [-0.3, -0.25) is 9.59 Å². The summed E-state index contributed by atoms with van der Waals surface area (Å²) >= 11 is 0. The van der Waals surface area contributed by atoms with Crippen LogP contribution in [0.5, 0.6) is 0 Å². The van der Waals surface area contributed by atoms with Gasteiger partial charge in [0.1, 0.15) is 0 Å². The molecule has 0 aliphatic heterocycles. The molecule has 0 aliphatic rings. The molecule has 2 amide bonds. The van der Waals surface area contributed by atoms with Crippen molar-refractivity contribution in [2.24, 2.45) is 0 Å². The van der Waals surface area contributed by atoms with Crippen LogP contribution in [0.25, 0.3) is 10.8 Å². The van der Waals surface area contributed by atoms with Gasteiger partial charge in [-0.15, -0.1) is 0 Å². The number of ether oxygens (including phenoxy) is 2. The minimum Gasteiger partial charge on any atom is -0.459 e. The molecule has 0 aliphatic carbocycles. The van der Waals surface area contributed by atoms with Gasteiger partial charge in [0.05, 0.1) is 18.1 Å². The maximum atomic E-state index is 12.3. The minimum absolute atomic E-state index is 0.0634. The Morgan fingerprint density at radius 2 is 1.38 bits per heavy atom. The Bertz CT molecular complexity index is 1080. The van der Waals surface area contributed by atoms with Gasteiger partial charge in [-0.05, 0) is 48.9 Å². The number of rotatable bonds is 5. The Labute approximate surface area is 166 Å². The Morgan fingerprint density at radius 3 is 2.00 bits per heavy atom. The van der Waals surface area contributed by atoms with Crippen LogP contribution in [0.1, 0.15) is 13.8 Å². The topological polar surface area (TPSA) is 145 Å². The van der Waals surface area contributed by atoms with E-state index in [1.807, 2.05) is 0 Å². The Balaban J connectivity index is 2.22. The number of carbonyl (C=O) groups is 4. The fraction of sp³-hybridized carbons (Fsp3) is 0.222. The molecule has 0 aromatic heterocycles. The van der Waals surface area contributed by atoms with Gasteiger partial charge in [-0.1, -0.05) is 12.1 Å². The lowest BCUT2D eigenvalue weighted by atomic mass is 10.1. The Morgan fingerprint density at radius 1 is 0.828 bits per heavy atom. The first kappa shape index (κ1) is 21.8. The van der Waals surface area contributed by atoms with Gasteiger partial charge < -0.3 is 14.8 Å². The number of esters is 2. The molecule has 0 unspecified atom stereocenters. The molecule has 0 spiro atoms. The van der Waals surface area contributed by atoms with Crippen molar-refractivity contribution in [1.29, 1.82) is 0 Å². The van der Waals surface area contributed by atoms with Crippen molar-refractivity contribution >= 4 is 50.2 Å². The highest BCUT2D eigenvalue weighted by Gasteiger charge is 2.24. The molecular formula is C18H18N2O8S. The smallest absolute Gasteiger partial charge is 0.397 e. The van der Waals surface area contributed by atoms with Gasteiger partial charge >= 0.3 is 23.8 Å². The van der Waals surface area contributed by atoms with E-state index in [0.717, 1.165) is 0 Å². The average molecular weight is 422 g/mol. The maximum Gasteiger partial charge on any atom is 0.397 e.